The molecule has 0 saturated carbocycles. The second kappa shape index (κ2) is 4.74. The van der Waals surface area contributed by atoms with Crippen molar-refractivity contribution in [2.45, 2.75) is 24.2 Å². The summed E-state index contributed by atoms with van der Waals surface area (Å²) in [7, 11) is -4.12. The molecule has 0 aromatic heterocycles. The summed E-state index contributed by atoms with van der Waals surface area (Å²) in [5.41, 5.74) is 0.868. The van der Waals surface area contributed by atoms with Gasteiger partial charge in [0, 0.05) is 12.5 Å². The Hall–Kier alpha value is -0.910. The molecule has 2 N–H and O–H groups in total. The van der Waals surface area contributed by atoms with Gasteiger partial charge in [-0.1, -0.05) is 19.1 Å². The average molecular weight is 230 g/mol. The predicted octanol–water partition coefficient (Wildman–Crippen LogP) is 1.42. The van der Waals surface area contributed by atoms with E-state index in [1.54, 1.807) is 12.1 Å². The second-order valence-electron chi connectivity index (χ2n) is 3.33. The summed E-state index contributed by atoms with van der Waals surface area (Å²) in [5, 5.41) is 9.04. The topological polar surface area (TPSA) is 74.6 Å². The van der Waals surface area contributed by atoms with Crippen LogP contribution in [-0.2, 0) is 10.1 Å². The fourth-order valence-corrected chi connectivity index (χ4v) is 1.86. The van der Waals surface area contributed by atoms with Crippen LogP contribution in [-0.4, -0.2) is 24.7 Å². The first-order valence-electron chi connectivity index (χ1n) is 4.67. The van der Waals surface area contributed by atoms with Gasteiger partial charge in [-0.2, -0.15) is 8.42 Å². The molecule has 0 amide bonds. The fraction of sp³-hybridized carbons (Fsp3) is 0.400. The largest absolute Gasteiger partial charge is 0.396 e. The van der Waals surface area contributed by atoms with E-state index in [2.05, 4.69) is 0 Å². The molecule has 0 spiro atoms. The van der Waals surface area contributed by atoms with E-state index in [1.165, 1.54) is 12.1 Å². The molecule has 0 heterocycles. The van der Waals surface area contributed by atoms with Crippen molar-refractivity contribution >= 4 is 10.1 Å². The SMILES string of the molecule is CCC(CO)c1ccc(S(=O)(=O)O)cc1. The molecular formula is C10H14O4S. The summed E-state index contributed by atoms with van der Waals surface area (Å²) in [5.74, 6) is 0.0143. The van der Waals surface area contributed by atoms with E-state index in [0.29, 0.717) is 0 Å². The van der Waals surface area contributed by atoms with Crippen molar-refractivity contribution in [2.24, 2.45) is 0 Å². The molecule has 1 rings (SSSR count). The maximum Gasteiger partial charge on any atom is 0.294 e. The van der Waals surface area contributed by atoms with Gasteiger partial charge in [0.2, 0.25) is 0 Å². The lowest BCUT2D eigenvalue weighted by Gasteiger charge is -2.11. The van der Waals surface area contributed by atoms with Crippen molar-refractivity contribution < 1.29 is 18.1 Å². The normalized spacial score (nSPS) is 13.8. The van der Waals surface area contributed by atoms with Crippen LogP contribution >= 0.6 is 0 Å². The summed E-state index contributed by atoms with van der Waals surface area (Å²) < 4.78 is 30.3. The van der Waals surface area contributed by atoms with Gasteiger partial charge in [-0.15, -0.1) is 0 Å². The predicted molar refractivity (Wildman–Crippen MR) is 56.4 cm³/mol. The molecule has 1 unspecified atom stereocenters. The highest BCUT2D eigenvalue weighted by atomic mass is 32.2. The Labute approximate surface area is 89.3 Å². The van der Waals surface area contributed by atoms with Crippen molar-refractivity contribution in [3.63, 3.8) is 0 Å². The summed E-state index contributed by atoms with van der Waals surface area (Å²) in [6, 6.07) is 5.88. The molecule has 1 atom stereocenters. The van der Waals surface area contributed by atoms with E-state index >= 15 is 0 Å². The lowest BCUT2D eigenvalue weighted by atomic mass is 9.98. The van der Waals surface area contributed by atoms with E-state index in [9.17, 15) is 8.42 Å². The zero-order valence-corrected chi connectivity index (χ0v) is 9.24. The van der Waals surface area contributed by atoms with Gasteiger partial charge in [-0.25, -0.2) is 0 Å². The Morgan fingerprint density at radius 2 is 1.80 bits per heavy atom. The smallest absolute Gasteiger partial charge is 0.294 e. The van der Waals surface area contributed by atoms with Crippen molar-refractivity contribution in [3.8, 4) is 0 Å². The summed E-state index contributed by atoms with van der Waals surface area (Å²) >= 11 is 0. The molecule has 0 aliphatic heterocycles. The lowest BCUT2D eigenvalue weighted by Crippen LogP contribution is -2.03. The van der Waals surface area contributed by atoms with Gasteiger partial charge in [0.05, 0.1) is 4.90 Å². The van der Waals surface area contributed by atoms with E-state index in [1.807, 2.05) is 6.92 Å². The molecule has 0 aliphatic rings. The summed E-state index contributed by atoms with van der Waals surface area (Å²) in [6.07, 6.45) is 0.779. The Morgan fingerprint density at radius 1 is 1.27 bits per heavy atom. The molecular weight excluding hydrogens is 216 g/mol. The van der Waals surface area contributed by atoms with Gasteiger partial charge >= 0.3 is 0 Å². The van der Waals surface area contributed by atoms with Gasteiger partial charge in [0.15, 0.2) is 0 Å². The van der Waals surface area contributed by atoms with Crippen LogP contribution in [0.2, 0.25) is 0 Å². The standard InChI is InChI=1S/C10H14O4S/c1-2-8(7-11)9-3-5-10(6-4-9)15(12,13)14/h3-6,8,11H,2,7H2,1H3,(H,12,13,14). The highest BCUT2D eigenvalue weighted by Crippen LogP contribution is 2.20. The van der Waals surface area contributed by atoms with Crippen LogP contribution in [0.4, 0.5) is 0 Å². The van der Waals surface area contributed by atoms with Crippen LogP contribution in [0.5, 0.6) is 0 Å². The molecule has 0 bridgehead atoms. The minimum absolute atomic E-state index is 0.0143. The van der Waals surface area contributed by atoms with Crippen LogP contribution < -0.4 is 0 Å². The van der Waals surface area contributed by atoms with Gasteiger partial charge < -0.3 is 5.11 Å². The number of hydrogen-bond donors (Lipinski definition) is 2. The number of benzene rings is 1. The monoisotopic (exact) mass is 230 g/mol. The van der Waals surface area contributed by atoms with E-state index in [-0.39, 0.29) is 17.4 Å². The number of aliphatic hydroxyl groups excluding tert-OH is 1. The third kappa shape index (κ3) is 3.02. The van der Waals surface area contributed by atoms with Crippen molar-refractivity contribution in [2.75, 3.05) is 6.61 Å². The minimum atomic E-state index is -4.12. The number of rotatable bonds is 4. The molecule has 15 heavy (non-hydrogen) atoms. The molecule has 0 saturated heterocycles. The quantitative estimate of drug-likeness (QED) is 0.767. The van der Waals surface area contributed by atoms with Crippen molar-refractivity contribution in [1.29, 1.82) is 0 Å². The maximum absolute atomic E-state index is 10.8. The number of aliphatic hydroxyl groups is 1. The molecule has 84 valence electrons. The molecule has 0 fully saturated rings. The first-order chi connectivity index (χ1) is 6.99. The van der Waals surface area contributed by atoms with Crippen LogP contribution in [0.25, 0.3) is 0 Å². The molecule has 0 radical (unpaired) electrons. The maximum atomic E-state index is 10.8. The Morgan fingerprint density at radius 3 is 2.13 bits per heavy atom. The molecule has 5 heteroatoms. The van der Waals surface area contributed by atoms with Crippen LogP contribution in [0.3, 0.4) is 0 Å². The average Bonchev–Trinajstić information content (AvgIpc) is 2.19. The molecule has 1 aromatic rings. The van der Waals surface area contributed by atoms with Gasteiger partial charge in [-0.3, -0.25) is 4.55 Å². The van der Waals surface area contributed by atoms with Crippen LogP contribution in [0.15, 0.2) is 29.2 Å². The third-order valence-corrected chi connectivity index (χ3v) is 3.23. The van der Waals surface area contributed by atoms with Crippen LogP contribution in [0, 0.1) is 0 Å². The Balaban J connectivity index is 3.00. The fourth-order valence-electron chi connectivity index (χ4n) is 1.38. The van der Waals surface area contributed by atoms with E-state index < -0.39 is 10.1 Å². The zero-order valence-electron chi connectivity index (χ0n) is 8.42. The lowest BCUT2D eigenvalue weighted by molar-refractivity contribution is 0.262. The zero-order chi connectivity index (χ0) is 11.5. The first-order valence-corrected chi connectivity index (χ1v) is 6.11. The first kappa shape index (κ1) is 12.2. The van der Waals surface area contributed by atoms with E-state index in [0.717, 1.165) is 12.0 Å². The highest BCUT2D eigenvalue weighted by molar-refractivity contribution is 7.85. The molecule has 0 aliphatic carbocycles. The molecule has 4 nitrogen and oxygen atoms in total. The number of hydrogen-bond acceptors (Lipinski definition) is 3. The molecule has 1 aromatic carbocycles. The van der Waals surface area contributed by atoms with Crippen molar-refractivity contribution in [1.82, 2.24) is 0 Å². The second-order valence-corrected chi connectivity index (χ2v) is 4.75. The van der Waals surface area contributed by atoms with Gasteiger partial charge in [-0.05, 0) is 24.1 Å². The minimum Gasteiger partial charge on any atom is -0.396 e. The summed E-state index contributed by atoms with van der Waals surface area (Å²) in [6.45, 7) is 1.97. The Kier molecular flexibility index (Phi) is 3.84. The summed E-state index contributed by atoms with van der Waals surface area (Å²) in [4.78, 5) is -0.126. The Bertz CT molecular complexity index is 404. The third-order valence-electron chi connectivity index (χ3n) is 2.36. The van der Waals surface area contributed by atoms with Gasteiger partial charge in [0.25, 0.3) is 10.1 Å². The van der Waals surface area contributed by atoms with Gasteiger partial charge in [0.1, 0.15) is 0 Å². The van der Waals surface area contributed by atoms with Crippen LogP contribution in [0.1, 0.15) is 24.8 Å². The van der Waals surface area contributed by atoms with Crippen molar-refractivity contribution in [3.05, 3.63) is 29.8 Å². The van der Waals surface area contributed by atoms with E-state index in [4.69, 9.17) is 9.66 Å². The highest BCUT2D eigenvalue weighted by Gasteiger charge is 2.11.